The van der Waals surface area contributed by atoms with Gasteiger partial charge in [0.15, 0.2) is 16.6 Å². The average Bonchev–Trinajstić information content (AvgIpc) is 2.68. The van der Waals surface area contributed by atoms with Gasteiger partial charge >= 0.3 is 24.5 Å². The van der Waals surface area contributed by atoms with Crippen LogP contribution in [0.5, 0.6) is 0 Å². The first-order valence-corrected chi connectivity index (χ1v) is 10.9. The van der Waals surface area contributed by atoms with E-state index >= 15 is 0 Å². The molecule has 208 valence electrons. The van der Waals surface area contributed by atoms with Gasteiger partial charge in [0.05, 0.1) is 19.3 Å². The summed E-state index contributed by atoms with van der Waals surface area (Å²) in [4.78, 5) is 12.0. The summed E-state index contributed by atoms with van der Waals surface area (Å²) in [6, 6.07) is 0. The summed E-state index contributed by atoms with van der Waals surface area (Å²) >= 11 is 0. The molecule has 0 bridgehead atoms. The van der Waals surface area contributed by atoms with Crippen LogP contribution in [0.2, 0.25) is 0 Å². The first-order valence-electron chi connectivity index (χ1n) is 10.9. The van der Waals surface area contributed by atoms with E-state index in [1.165, 1.54) is 0 Å². The van der Waals surface area contributed by atoms with E-state index in [2.05, 4.69) is 4.74 Å². The normalized spacial score (nSPS) is 28.4. The van der Waals surface area contributed by atoms with Crippen LogP contribution in [-0.4, -0.2) is 65.2 Å². The highest BCUT2D eigenvalue weighted by Gasteiger charge is 2.63. The summed E-state index contributed by atoms with van der Waals surface area (Å²) in [5.41, 5.74) is -9.92. The minimum absolute atomic E-state index is 0.381. The lowest BCUT2D eigenvalue weighted by molar-refractivity contribution is -0.301. The summed E-state index contributed by atoms with van der Waals surface area (Å²) < 4.78 is 132. The highest BCUT2D eigenvalue weighted by molar-refractivity contribution is 5.77. The number of alkyl halides is 9. The van der Waals surface area contributed by atoms with Crippen molar-refractivity contribution in [3.05, 3.63) is 0 Å². The number of carbonyl (C=O) groups is 1. The minimum atomic E-state index is -5.24. The van der Waals surface area contributed by atoms with Crippen LogP contribution in [0.25, 0.3) is 0 Å². The van der Waals surface area contributed by atoms with Crippen molar-refractivity contribution in [2.45, 2.75) is 102 Å². The Morgan fingerprint density at radius 3 is 1.54 bits per heavy atom. The van der Waals surface area contributed by atoms with Crippen LogP contribution in [-0.2, 0) is 14.3 Å². The molecule has 0 aliphatic heterocycles. The maximum absolute atomic E-state index is 13.8. The molecule has 14 heteroatoms. The van der Waals surface area contributed by atoms with Crippen molar-refractivity contribution in [2.24, 2.45) is 17.3 Å². The highest BCUT2D eigenvalue weighted by Crippen LogP contribution is 2.51. The van der Waals surface area contributed by atoms with Crippen LogP contribution in [0.1, 0.15) is 59.8 Å². The predicted octanol–water partition coefficient (Wildman–Crippen LogP) is 5.32. The number of carbonyl (C=O) groups excluding carboxylic acids is 1. The fourth-order valence-electron chi connectivity index (χ4n) is 4.63. The lowest BCUT2D eigenvalue weighted by Crippen LogP contribution is -2.57. The molecule has 0 aromatic rings. The number of aliphatic hydroxyl groups is 2. The number of hydrogen-bond acceptors (Lipinski definition) is 5. The highest BCUT2D eigenvalue weighted by atomic mass is 19.4. The summed E-state index contributed by atoms with van der Waals surface area (Å²) in [5, 5.41) is 20.2. The Labute approximate surface area is 196 Å². The van der Waals surface area contributed by atoms with Gasteiger partial charge < -0.3 is 19.7 Å². The van der Waals surface area contributed by atoms with E-state index < -0.39 is 97.3 Å². The van der Waals surface area contributed by atoms with E-state index in [4.69, 9.17) is 4.74 Å². The van der Waals surface area contributed by atoms with Crippen LogP contribution in [0, 0.1) is 17.3 Å². The zero-order valence-corrected chi connectivity index (χ0v) is 19.9. The molecule has 0 aromatic carbocycles. The molecule has 2 N–H and O–H groups in total. The molecule has 35 heavy (non-hydrogen) atoms. The second-order valence-corrected chi connectivity index (χ2v) is 9.59. The number of esters is 1. The van der Waals surface area contributed by atoms with Crippen molar-refractivity contribution in [1.29, 1.82) is 0 Å². The Balaban J connectivity index is 3.31. The second-order valence-electron chi connectivity index (χ2n) is 9.59. The fourth-order valence-corrected chi connectivity index (χ4v) is 4.63. The molecule has 0 spiro atoms. The third kappa shape index (κ3) is 6.35. The topological polar surface area (TPSA) is 76.0 Å². The number of rotatable bonds is 8. The monoisotopic (exact) mass is 534 g/mol. The molecule has 6 atom stereocenters. The third-order valence-corrected chi connectivity index (χ3v) is 7.18. The summed E-state index contributed by atoms with van der Waals surface area (Å²) in [7, 11) is 0.749. The Morgan fingerprint density at radius 1 is 0.857 bits per heavy atom. The maximum Gasteiger partial charge on any atom is 0.417 e. The lowest BCUT2D eigenvalue weighted by Gasteiger charge is -2.47. The first kappa shape index (κ1) is 31.7. The quantitative estimate of drug-likeness (QED) is 0.326. The predicted molar refractivity (Wildman–Crippen MR) is 104 cm³/mol. The van der Waals surface area contributed by atoms with E-state index in [-0.39, 0.29) is 0 Å². The fraction of sp³-hybridized carbons (Fsp3) is 0.952. The smallest absolute Gasteiger partial charge is 0.417 e. The lowest BCUT2D eigenvalue weighted by atomic mass is 9.67. The minimum Gasteiger partial charge on any atom is -0.468 e. The van der Waals surface area contributed by atoms with Crippen LogP contribution >= 0.6 is 0 Å². The molecule has 0 amide bonds. The van der Waals surface area contributed by atoms with Gasteiger partial charge in [-0.25, -0.2) is 0 Å². The van der Waals surface area contributed by atoms with Gasteiger partial charge in [0.2, 0.25) is 0 Å². The van der Waals surface area contributed by atoms with E-state index in [0.717, 1.165) is 21.0 Å². The van der Waals surface area contributed by atoms with Crippen LogP contribution in [0.15, 0.2) is 0 Å². The molecule has 0 saturated heterocycles. The molecule has 5 nitrogen and oxygen atoms in total. The van der Waals surface area contributed by atoms with E-state index in [1.54, 1.807) is 0 Å². The van der Waals surface area contributed by atoms with Gasteiger partial charge in [-0.2, -0.15) is 39.5 Å². The second kappa shape index (κ2) is 10.2. The van der Waals surface area contributed by atoms with Gasteiger partial charge in [-0.15, -0.1) is 0 Å². The van der Waals surface area contributed by atoms with Crippen molar-refractivity contribution < 1.29 is 64.0 Å². The average molecular weight is 534 g/mol. The molecular weight excluding hydrogens is 503 g/mol. The Kier molecular flexibility index (Phi) is 9.28. The van der Waals surface area contributed by atoms with E-state index in [0.29, 0.717) is 13.8 Å². The van der Waals surface area contributed by atoms with Crippen molar-refractivity contribution in [3.63, 3.8) is 0 Å². The van der Waals surface area contributed by atoms with Crippen molar-refractivity contribution in [1.82, 2.24) is 0 Å². The maximum atomic E-state index is 13.8. The van der Waals surface area contributed by atoms with E-state index in [9.17, 15) is 54.5 Å². The van der Waals surface area contributed by atoms with Crippen LogP contribution in [0.4, 0.5) is 39.5 Å². The van der Waals surface area contributed by atoms with Gasteiger partial charge in [-0.3, -0.25) is 4.79 Å². The van der Waals surface area contributed by atoms with Gasteiger partial charge in [0, 0.05) is 0 Å². The molecule has 1 aliphatic rings. The molecule has 6 unspecified atom stereocenters. The SMILES string of the molecule is CCC(CC(C)OC1CC(C(C)(O)C(F)(F)F)CC(C(C)(O)C(F)(F)F)C1)(C(=O)OC)C(F)(F)F. The van der Waals surface area contributed by atoms with Gasteiger partial charge in [-0.1, -0.05) is 6.92 Å². The Morgan fingerprint density at radius 2 is 1.26 bits per heavy atom. The molecule has 0 radical (unpaired) electrons. The Hall–Kier alpha value is -1.28. The standard InChI is InChI=1S/C21H31F9O5/c1-6-18(15(31)34-5,21(28,29)30)10-11(2)35-14-8-12(16(3,32)19(22,23)24)7-13(9-14)17(4,33)20(25,26)27/h11-14,32-33H,6-10H2,1-5H3. The molecule has 0 aromatic heterocycles. The first-order chi connectivity index (χ1) is 15.5. The third-order valence-electron chi connectivity index (χ3n) is 7.18. The summed E-state index contributed by atoms with van der Waals surface area (Å²) in [6.07, 6.45) is -22.4. The molecule has 1 fully saturated rings. The largest absolute Gasteiger partial charge is 0.468 e. The number of ether oxygens (including phenoxy) is 2. The zero-order valence-electron chi connectivity index (χ0n) is 19.9. The van der Waals surface area contributed by atoms with E-state index in [1.807, 2.05) is 0 Å². The number of halogens is 9. The molecule has 1 rings (SSSR count). The number of methoxy groups -OCH3 is 1. The van der Waals surface area contributed by atoms with Gasteiger partial charge in [-0.05, 0) is 64.7 Å². The van der Waals surface area contributed by atoms with Crippen molar-refractivity contribution in [2.75, 3.05) is 7.11 Å². The molecule has 1 aliphatic carbocycles. The van der Waals surface area contributed by atoms with Crippen molar-refractivity contribution in [3.8, 4) is 0 Å². The van der Waals surface area contributed by atoms with Gasteiger partial charge in [0.25, 0.3) is 0 Å². The van der Waals surface area contributed by atoms with Crippen molar-refractivity contribution >= 4 is 5.97 Å². The molecular formula is C21H31F9O5. The van der Waals surface area contributed by atoms with Gasteiger partial charge in [0.1, 0.15) is 0 Å². The summed E-state index contributed by atoms with van der Waals surface area (Å²) in [5.74, 6) is -5.32. The Bertz CT molecular complexity index is 696. The van der Waals surface area contributed by atoms with Crippen LogP contribution in [0.3, 0.4) is 0 Å². The number of hydrogen-bond donors (Lipinski definition) is 2. The molecule has 0 heterocycles. The van der Waals surface area contributed by atoms with Crippen LogP contribution < -0.4 is 0 Å². The summed E-state index contributed by atoms with van der Waals surface area (Å²) in [6.45, 7) is 2.93. The zero-order chi connectivity index (χ0) is 27.8. The molecule has 1 saturated carbocycles.